The summed E-state index contributed by atoms with van der Waals surface area (Å²) in [6, 6.07) is 23.1. The van der Waals surface area contributed by atoms with E-state index >= 15 is 0 Å². The Kier molecular flexibility index (Phi) is 5.62. The van der Waals surface area contributed by atoms with Crippen LogP contribution in [-0.4, -0.2) is 22.1 Å². The van der Waals surface area contributed by atoms with Gasteiger partial charge in [0.05, 0.1) is 17.6 Å². The summed E-state index contributed by atoms with van der Waals surface area (Å²) in [6.45, 7) is 2.71. The largest absolute Gasteiger partial charge is 0.494 e. The van der Waals surface area contributed by atoms with Gasteiger partial charge in [-0.25, -0.2) is 4.98 Å². The van der Waals surface area contributed by atoms with Crippen molar-refractivity contribution in [2.75, 3.05) is 11.9 Å². The lowest BCUT2D eigenvalue weighted by Gasteiger charge is -2.11. The Morgan fingerprint density at radius 2 is 1.86 bits per heavy atom. The van der Waals surface area contributed by atoms with Crippen molar-refractivity contribution in [1.29, 1.82) is 0 Å². The van der Waals surface area contributed by atoms with E-state index in [0.717, 1.165) is 38.3 Å². The monoisotopic (exact) mass is 449 g/mol. The SMILES string of the molecule is CCOc1ccc(NC(=O)Cn2c(-c3cccc(Br)c3)nc3ccccc32)cc1. The summed E-state index contributed by atoms with van der Waals surface area (Å²) in [4.78, 5) is 17.5. The highest BCUT2D eigenvalue weighted by atomic mass is 79.9. The fourth-order valence-corrected chi connectivity index (χ4v) is 3.63. The number of hydrogen-bond acceptors (Lipinski definition) is 3. The van der Waals surface area contributed by atoms with Gasteiger partial charge in [-0.1, -0.05) is 40.2 Å². The summed E-state index contributed by atoms with van der Waals surface area (Å²) in [7, 11) is 0. The van der Waals surface area contributed by atoms with Crippen molar-refractivity contribution in [1.82, 2.24) is 9.55 Å². The number of rotatable bonds is 6. The van der Waals surface area contributed by atoms with Crippen molar-refractivity contribution >= 4 is 38.6 Å². The van der Waals surface area contributed by atoms with Crippen LogP contribution in [0.2, 0.25) is 0 Å². The average molecular weight is 450 g/mol. The molecule has 1 amide bonds. The zero-order chi connectivity index (χ0) is 20.2. The number of aromatic nitrogens is 2. The number of carbonyl (C=O) groups excluding carboxylic acids is 1. The third kappa shape index (κ3) is 4.32. The Balaban J connectivity index is 1.62. The van der Waals surface area contributed by atoms with Crippen molar-refractivity contribution in [3.05, 3.63) is 77.3 Å². The molecule has 0 saturated carbocycles. The molecule has 0 atom stereocenters. The molecule has 0 aliphatic rings. The highest BCUT2D eigenvalue weighted by molar-refractivity contribution is 9.10. The predicted octanol–water partition coefficient (Wildman–Crippen LogP) is 5.50. The number of ether oxygens (including phenoxy) is 1. The second-order valence-electron chi connectivity index (χ2n) is 6.53. The molecule has 5 nitrogen and oxygen atoms in total. The summed E-state index contributed by atoms with van der Waals surface area (Å²) in [6.07, 6.45) is 0. The highest BCUT2D eigenvalue weighted by Gasteiger charge is 2.15. The van der Waals surface area contributed by atoms with Gasteiger partial charge in [0.2, 0.25) is 5.91 Å². The minimum Gasteiger partial charge on any atom is -0.494 e. The molecule has 0 bridgehead atoms. The van der Waals surface area contributed by atoms with Crippen LogP contribution in [-0.2, 0) is 11.3 Å². The van der Waals surface area contributed by atoms with E-state index in [1.807, 2.05) is 84.3 Å². The molecular formula is C23H20BrN3O2. The number of para-hydroxylation sites is 2. The van der Waals surface area contributed by atoms with Crippen LogP contribution in [0.5, 0.6) is 5.75 Å². The number of nitrogens with one attached hydrogen (secondary N) is 1. The third-order valence-corrected chi connectivity index (χ3v) is 4.98. The average Bonchev–Trinajstić information content (AvgIpc) is 3.08. The molecule has 1 heterocycles. The fourth-order valence-electron chi connectivity index (χ4n) is 3.23. The molecule has 0 spiro atoms. The van der Waals surface area contributed by atoms with Gasteiger partial charge in [0, 0.05) is 15.7 Å². The Bertz CT molecular complexity index is 1150. The molecule has 0 fully saturated rings. The molecule has 3 aromatic carbocycles. The summed E-state index contributed by atoms with van der Waals surface area (Å²) in [5.74, 6) is 1.42. The number of fused-ring (bicyclic) bond motifs is 1. The van der Waals surface area contributed by atoms with E-state index in [1.54, 1.807) is 0 Å². The van der Waals surface area contributed by atoms with E-state index in [4.69, 9.17) is 9.72 Å². The Morgan fingerprint density at radius 1 is 1.07 bits per heavy atom. The van der Waals surface area contributed by atoms with Crippen molar-refractivity contribution in [2.45, 2.75) is 13.5 Å². The topological polar surface area (TPSA) is 56.1 Å². The van der Waals surface area contributed by atoms with Crippen LogP contribution in [0.25, 0.3) is 22.4 Å². The summed E-state index contributed by atoms with van der Waals surface area (Å²) >= 11 is 3.51. The van der Waals surface area contributed by atoms with E-state index in [-0.39, 0.29) is 12.5 Å². The lowest BCUT2D eigenvalue weighted by Crippen LogP contribution is -2.19. The van der Waals surface area contributed by atoms with E-state index in [9.17, 15) is 4.79 Å². The Labute approximate surface area is 177 Å². The highest BCUT2D eigenvalue weighted by Crippen LogP contribution is 2.27. The molecule has 0 unspecified atom stereocenters. The van der Waals surface area contributed by atoms with Crippen LogP contribution in [0, 0.1) is 0 Å². The number of nitrogens with zero attached hydrogens (tertiary/aromatic N) is 2. The van der Waals surface area contributed by atoms with Gasteiger partial charge < -0.3 is 14.6 Å². The van der Waals surface area contributed by atoms with E-state index in [0.29, 0.717) is 6.61 Å². The first kappa shape index (κ1) is 19.2. The summed E-state index contributed by atoms with van der Waals surface area (Å²) in [5, 5.41) is 2.95. The van der Waals surface area contributed by atoms with Gasteiger partial charge in [-0.3, -0.25) is 4.79 Å². The standard InChI is InChI=1S/C23H20BrN3O2/c1-2-29-19-12-10-18(11-13-19)25-22(28)15-27-21-9-4-3-8-20(21)26-23(27)16-6-5-7-17(24)14-16/h3-14H,2,15H2,1H3,(H,25,28). The number of halogens is 1. The van der Waals surface area contributed by atoms with Crippen LogP contribution in [0.15, 0.2) is 77.3 Å². The normalized spacial score (nSPS) is 10.8. The molecule has 0 aliphatic heterocycles. The number of benzene rings is 3. The van der Waals surface area contributed by atoms with Crippen molar-refractivity contribution in [3.63, 3.8) is 0 Å². The van der Waals surface area contributed by atoms with Crippen molar-refractivity contribution in [2.24, 2.45) is 0 Å². The molecule has 4 aromatic rings. The molecule has 0 aliphatic carbocycles. The molecule has 6 heteroatoms. The van der Waals surface area contributed by atoms with Gasteiger partial charge >= 0.3 is 0 Å². The lowest BCUT2D eigenvalue weighted by atomic mass is 10.2. The molecule has 29 heavy (non-hydrogen) atoms. The minimum atomic E-state index is -0.117. The van der Waals surface area contributed by atoms with Gasteiger partial charge in [0.25, 0.3) is 0 Å². The van der Waals surface area contributed by atoms with Crippen LogP contribution in [0.4, 0.5) is 5.69 Å². The molecule has 0 radical (unpaired) electrons. The molecule has 0 saturated heterocycles. The van der Waals surface area contributed by atoms with Crippen molar-refractivity contribution in [3.8, 4) is 17.1 Å². The minimum absolute atomic E-state index is 0.117. The van der Waals surface area contributed by atoms with Gasteiger partial charge in [-0.05, 0) is 55.5 Å². The first-order valence-electron chi connectivity index (χ1n) is 9.38. The van der Waals surface area contributed by atoms with Gasteiger partial charge in [0.1, 0.15) is 18.1 Å². The maximum absolute atomic E-state index is 12.8. The lowest BCUT2D eigenvalue weighted by molar-refractivity contribution is -0.116. The van der Waals surface area contributed by atoms with Gasteiger partial charge in [-0.15, -0.1) is 0 Å². The second kappa shape index (κ2) is 8.49. The molecule has 1 N–H and O–H groups in total. The molecular weight excluding hydrogens is 430 g/mol. The maximum Gasteiger partial charge on any atom is 0.244 e. The van der Waals surface area contributed by atoms with Crippen molar-refractivity contribution < 1.29 is 9.53 Å². The van der Waals surface area contributed by atoms with E-state index in [2.05, 4.69) is 21.2 Å². The van der Waals surface area contributed by atoms with Gasteiger partial charge in [-0.2, -0.15) is 0 Å². The van der Waals surface area contributed by atoms with E-state index in [1.165, 1.54) is 0 Å². The first-order valence-corrected chi connectivity index (χ1v) is 10.2. The van der Waals surface area contributed by atoms with E-state index < -0.39 is 0 Å². The molecule has 1 aromatic heterocycles. The van der Waals surface area contributed by atoms with Crippen LogP contribution < -0.4 is 10.1 Å². The quantitative estimate of drug-likeness (QED) is 0.422. The first-order chi connectivity index (χ1) is 14.1. The third-order valence-electron chi connectivity index (χ3n) is 4.49. The maximum atomic E-state index is 12.8. The Hall–Kier alpha value is -3.12. The Morgan fingerprint density at radius 3 is 2.62 bits per heavy atom. The number of imidazole rings is 1. The second-order valence-corrected chi connectivity index (χ2v) is 7.44. The molecule has 4 rings (SSSR count). The van der Waals surface area contributed by atoms with Crippen LogP contribution in [0.3, 0.4) is 0 Å². The van der Waals surface area contributed by atoms with Crippen LogP contribution in [0.1, 0.15) is 6.92 Å². The zero-order valence-corrected chi connectivity index (χ0v) is 17.5. The smallest absolute Gasteiger partial charge is 0.244 e. The fraction of sp³-hybridized carbons (Fsp3) is 0.130. The number of amides is 1. The summed E-state index contributed by atoms with van der Waals surface area (Å²) < 4.78 is 8.36. The predicted molar refractivity (Wildman–Crippen MR) is 119 cm³/mol. The van der Waals surface area contributed by atoms with Crippen LogP contribution >= 0.6 is 15.9 Å². The van der Waals surface area contributed by atoms with Gasteiger partial charge in [0.15, 0.2) is 0 Å². The molecule has 146 valence electrons. The number of anilines is 1. The zero-order valence-electron chi connectivity index (χ0n) is 15.9. The number of carbonyl (C=O) groups is 1. The number of hydrogen-bond donors (Lipinski definition) is 1. The summed E-state index contributed by atoms with van der Waals surface area (Å²) in [5.41, 5.74) is 3.46.